The van der Waals surface area contributed by atoms with E-state index in [0.29, 0.717) is 5.88 Å². The number of carbonyl (C=O) groups is 1. The molecule has 2 N–H and O–H groups in total. The third-order valence-corrected chi connectivity index (χ3v) is 5.39. The summed E-state index contributed by atoms with van der Waals surface area (Å²) >= 11 is 0. The molecule has 0 saturated carbocycles. The number of anilines is 1. The van der Waals surface area contributed by atoms with E-state index in [2.05, 4.69) is 20.3 Å². The average Bonchev–Trinajstić information content (AvgIpc) is 3.23. The van der Waals surface area contributed by atoms with Gasteiger partial charge in [0.1, 0.15) is 5.75 Å². The zero-order valence-electron chi connectivity index (χ0n) is 18.4. The highest BCUT2D eigenvalue weighted by atomic mass is 19.4. The Labute approximate surface area is 191 Å². The molecule has 2 aromatic heterocycles. The zero-order valence-corrected chi connectivity index (χ0v) is 18.4. The summed E-state index contributed by atoms with van der Waals surface area (Å²) in [6.45, 7) is 2.03. The molecule has 0 spiro atoms. The van der Waals surface area contributed by atoms with Crippen LogP contribution in [0.1, 0.15) is 22.3 Å². The maximum atomic E-state index is 13.2. The fraction of sp³-hybridized carbons (Fsp3) is 0.273. The molecule has 3 aromatic rings. The number of nitrogens with zero attached hydrogens (tertiary/aromatic N) is 3. The Morgan fingerprint density at radius 1 is 1.15 bits per heavy atom. The lowest BCUT2D eigenvalue weighted by molar-refractivity contribution is -0.137. The predicted molar refractivity (Wildman–Crippen MR) is 116 cm³/mol. The number of urea groups is 1. The molecule has 0 aliphatic carbocycles. The summed E-state index contributed by atoms with van der Waals surface area (Å²) in [5.74, 6) is 0.0591. The number of fused-ring (bicyclic) bond motifs is 1. The Morgan fingerprint density at radius 2 is 1.88 bits per heavy atom. The molecule has 2 amide bonds. The third kappa shape index (κ3) is 4.38. The first-order valence-electron chi connectivity index (χ1n) is 10.0. The van der Waals surface area contributed by atoms with Crippen molar-refractivity contribution in [3.63, 3.8) is 0 Å². The van der Waals surface area contributed by atoms with E-state index in [4.69, 9.17) is 9.47 Å². The largest absolute Gasteiger partial charge is 0.496 e. The van der Waals surface area contributed by atoms with Gasteiger partial charge in [0.15, 0.2) is 0 Å². The normalized spacial score (nSPS) is 12.9. The van der Waals surface area contributed by atoms with E-state index < -0.39 is 23.3 Å². The van der Waals surface area contributed by atoms with E-state index >= 15 is 0 Å². The number of halogens is 3. The minimum atomic E-state index is -4.55. The van der Waals surface area contributed by atoms with Gasteiger partial charge in [-0.1, -0.05) is 0 Å². The van der Waals surface area contributed by atoms with Crippen LogP contribution in [0, 0.1) is 6.92 Å². The van der Waals surface area contributed by atoms with Crippen LogP contribution in [0.5, 0.6) is 11.6 Å². The summed E-state index contributed by atoms with van der Waals surface area (Å²) in [4.78, 5) is 37.4. The summed E-state index contributed by atoms with van der Waals surface area (Å²) in [6.07, 6.45) is -1.69. The van der Waals surface area contributed by atoms with Crippen LogP contribution < -0.4 is 20.3 Å². The van der Waals surface area contributed by atoms with Gasteiger partial charge in [-0.05, 0) is 35.7 Å². The second kappa shape index (κ2) is 8.69. The minimum absolute atomic E-state index is 0.0689. The topological polar surface area (TPSA) is 109 Å². The highest BCUT2D eigenvalue weighted by Gasteiger charge is 2.32. The van der Waals surface area contributed by atoms with Crippen molar-refractivity contribution >= 4 is 11.8 Å². The van der Waals surface area contributed by atoms with Crippen molar-refractivity contribution < 1.29 is 27.4 Å². The summed E-state index contributed by atoms with van der Waals surface area (Å²) in [7, 11) is 2.73. The molecule has 178 valence electrons. The van der Waals surface area contributed by atoms with Gasteiger partial charge in [-0.25, -0.2) is 14.8 Å². The van der Waals surface area contributed by atoms with Crippen molar-refractivity contribution in [2.45, 2.75) is 26.2 Å². The second-order valence-corrected chi connectivity index (χ2v) is 7.61. The van der Waals surface area contributed by atoms with Crippen LogP contribution in [0.3, 0.4) is 0 Å². The predicted octanol–water partition coefficient (Wildman–Crippen LogP) is 3.72. The molecule has 0 atom stereocenters. The Balaban J connectivity index is 1.61. The molecular weight excluding hydrogens is 455 g/mol. The van der Waals surface area contributed by atoms with Crippen molar-refractivity contribution in [2.24, 2.45) is 0 Å². The number of aromatic nitrogens is 3. The number of pyridine rings is 1. The average molecular weight is 475 g/mol. The smallest absolute Gasteiger partial charge is 0.416 e. The number of amides is 2. The number of aromatic amines is 1. The molecule has 1 aliphatic rings. The maximum Gasteiger partial charge on any atom is 0.416 e. The molecule has 0 bridgehead atoms. The zero-order chi connectivity index (χ0) is 24.6. The van der Waals surface area contributed by atoms with Gasteiger partial charge in [0.05, 0.1) is 25.5 Å². The fourth-order valence-corrected chi connectivity index (χ4v) is 3.72. The van der Waals surface area contributed by atoms with Crippen LogP contribution in [-0.4, -0.2) is 40.1 Å². The molecule has 34 heavy (non-hydrogen) atoms. The Bertz CT molecular complexity index is 1320. The first-order chi connectivity index (χ1) is 16.1. The number of aryl methyl sites for hydroxylation is 1. The van der Waals surface area contributed by atoms with Gasteiger partial charge in [-0.2, -0.15) is 13.2 Å². The molecule has 1 aromatic carbocycles. The number of carbonyl (C=O) groups excluding carboxylic acids is 1. The summed E-state index contributed by atoms with van der Waals surface area (Å²) in [5.41, 5.74) is 0.800. The number of benzene rings is 1. The number of alkyl halides is 3. The van der Waals surface area contributed by atoms with Gasteiger partial charge in [-0.15, -0.1) is 0 Å². The lowest BCUT2D eigenvalue weighted by Gasteiger charge is -2.17. The Hall–Kier alpha value is -4.09. The van der Waals surface area contributed by atoms with Crippen molar-refractivity contribution in [1.82, 2.24) is 19.9 Å². The van der Waals surface area contributed by atoms with Crippen molar-refractivity contribution in [3.8, 4) is 22.9 Å². The number of H-pyrrole nitrogens is 1. The van der Waals surface area contributed by atoms with Gasteiger partial charge < -0.3 is 19.4 Å². The van der Waals surface area contributed by atoms with E-state index in [1.54, 1.807) is 12.3 Å². The summed E-state index contributed by atoms with van der Waals surface area (Å²) in [5, 5.41) is 2.48. The van der Waals surface area contributed by atoms with Crippen molar-refractivity contribution in [2.75, 3.05) is 19.5 Å². The van der Waals surface area contributed by atoms with E-state index in [0.717, 1.165) is 23.3 Å². The molecule has 0 saturated heterocycles. The maximum absolute atomic E-state index is 13.2. The molecule has 9 nitrogen and oxygen atoms in total. The minimum Gasteiger partial charge on any atom is -0.496 e. The van der Waals surface area contributed by atoms with Gasteiger partial charge in [0.2, 0.25) is 11.7 Å². The van der Waals surface area contributed by atoms with Gasteiger partial charge in [0.25, 0.3) is 5.56 Å². The van der Waals surface area contributed by atoms with Crippen LogP contribution in [0.25, 0.3) is 11.3 Å². The van der Waals surface area contributed by atoms with Crippen LogP contribution in [0.15, 0.2) is 35.4 Å². The fourth-order valence-electron chi connectivity index (χ4n) is 3.72. The second-order valence-electron chi connectivity index (χ2n) is 7.61. The SMILES string of the molecule is COc1cc2c(cn1)CN(C(=O)Nc1nc(-c3c(C)cc(C(F)(F)F)cc3OC)c[nH]c1=O)C2. The molecule has 0 fully saturated rings. The van der Waals surface area contributed by atoms with E-state index in [1.165, 1.54) is 32.2 Å². The highest BCUT2D eigenvalue weighted by Crippen LogP contribution is 2.39. The molecule has 3 heterocycles. The quantitative estimate of drug-likeness (QED) is 0.595. The van der Waals surface area contributed by atoms with Crippen molar-refractivity contribution in [3.05, 3.63) is 63.2 Å². The van der Waals surface area contributed by atoms with Gasteiger partial charge in [-0.3, -0.25) is 10.1 Å². The monoisotopic (exact) mass is 475 g/mol. The number of rotatable bonds is 4. The van der Waals surface area contributed by atoms with Crippen LogP contribution in [0.4, 0.5) is 23.8 Å². The number of ether oxygens (including phenoxy) is 2. The summed E-state index contributed by atoms with van der Waals surface area (Å²) < 4.78 is 49.8. The van der Waals surface area contributed by atoms with E-state index in [1.807, 2.05) is 0 Å². The molecule has 1 aliphatic heterocycles. The van der Waals surface area contributed by atoms with Crippen LogP contribution in [-0.2, 0) is 19.3 Å². The number of nitrogens with one attached hydrogen (secondary N) is 2. The molecule has 0 radical (unpaired) electrons. The van der Waals surface area contributed by atoms with Crippen molar-refractivity contribution in [1.29, 1.82) is 0 Å². The molecule has 0 unspecified atom stereocenters. The molecular formula is C22H20F3N5O4. The number of hydrogen-bond acceptors (Lipinski definition) is 6. The molecule has 12 heteroatoms. The van der Waals surface area contributed by atoms with Crippen LogP contribution >= 0.6 is 0 Å². The third-order valence-electron chi connectivity index (χ3n) is 5.39. The Morgan fingerprint density at radius 3 is 2.56 bits per heavy atom. The summed E-state index contributed by atoms with van der Waals surface area (Å²) in [6, 6.07) is 2.99. The van der Waals surface area contributed by atoms with Gasteiger partial charge >= 0.3 is 12.2 Å². The lowest BCUT2D eigenvalue weighted by Crippen LogP contribution is -2.33. The standard InChI is InChI=1S/C22H20F3N5O4/c1-11-4-14(22(23,24)25)6-16(33-2)18(11)15-8-27-20(31)19(28-15)29-21(32)30-9-12-5-17(34-3)26-7-13(12)10-30/h4-8H,9-10H2,1-3H3,(H,27,31)(H,28,29,32). The number of methoxy groups -OCH3 is 2. The van der Waals surface area contributed by atoms with Gasteiger partial charge in [0, 0.05) is 37.1 Å². The Kier molecular flexibility index (Phi) is 5.90. The first kappa shape index (κ1) is 23.1. The van der Waals surface area contributed by atoms with E-state index in [9.17, 15) is 22.8 Å². The molecule has 4 rings (SSSR count). The van der Waals surface area contributed by atoms with E-state index in [-0.39, 0.29) is 41.5 Å². The highest BCUT2D eigenvalue weighted by molar-refractivity contribution is 5.89. The van der Waals surface area contributed by atoms with Crippen LogP contribution in [0.2, 0.25) is 0 Å². The first-order valence-corrected chi connectivity index (χ1v) is 10.0. The lowest BCUT2D eigenvalue weighted by atomic mass is 10.0. The number of hydrogen-bond donors (Lipinski definition) is 2.